The zero-order valence-electron chi connectivity index (χ0n) is 5.78. The summed E-state index contributed by atoms with van der Waals surface area (Å²) < 4.78 is 0. The minimum absolute atomic E-state index is 0.196. The number of rotatable bonds is 4. The van der Waals surface area contributed by atoms with Crippen molar-refractivity contribution in [1.82, 2.24) is 0 Å². The molecule has 0 unspecified atom stereocenters. The van der Waals surface area contributed by atoms with Gasteiger partial charge in [0.05, 0.1) is 0 Å². The fourth-order valence-corrected chi connectivity index (χ4v) is 6.58. The van der Waals surface area contributed by atoms with Crippen molar-refractivity contribution < 1.29 is 15.2 Å². The molecule has 0 amide bonds. The third kappa shape index (κ3) is 4.03. The monoisotopic (exact) mass is 228 g/mol. The van der Waals surface area contributed by atoms with Crippen LogP contribution in [0.2, 0.25) is 5.02 Å². The van der Waals surface area contributed by atoms with E-state index in [1.165, 1.54) is 17.9 Å². The van der Waals surface area contributed by atoms with Crippen molar-refractivity contribution in [1.29, 1.82) is 0 Å². The van der Waals surface area contributed by atoms with Gasteiger partial charge < -0.3 is 0 Å². The van der Waals surface area contributed by atoms with Gasteiger partial charge in [0.15, 0.2) is 0 Å². The second kappa shape index (κ2) is 6.23. The standard InChI is InChI=1S/C6H13.BrH.Zn/c1-4-6(3)5-2;;/h6H,3-5H2,1-2H3;1H;/q;;+1/p-1. The van der Waals surface area contributed by atoms with Crippen molar-refractivity contribution in [2.75, 3.05) is 0 Å². The van der Waals surface area contributed by atoms with Crippen molar-refractivity contribution in [3.05, 3.63) is 0 Å². The van der Waals surface area contributed by atoms with Gasteiger partial charge in [-0.05, 0) is 0 Å². The number of hydrogen-bond donors (Lipinski definition) is 0. The Kier molecular flexibility index (Phi) is 7.09. The molecule has 0 aromatic heterocycles. The molecule has 0 bridgehead atoms. The Balaban J connectivity index is 3.07. The summed E-state index contributed by atoms with van der Waals surface area (Å²) in [4.78, 5) is 0. The SMILES string of the molecule is CCC(CC)[CH2][Zn][Br]. The second-order valence-corrected chi connectivity index (χ2v) is 8.29. The van der Waals surface area contributed by atoms with Crippen LogP contribution in [0, 0.1) is 5.92 Å². The van der Waals surface area contributed by atoms with Gasteiger partial charge in [0.2, 0.25) is 0 Å². The molecule has 0 aliphatic rings. The van der Waals surface area contributed by atoms with Gasteiger partial charge in [-0.25, -0.2) is 0 Å². The van der Waals surface area contributed by atoms with Crippen LogP contribution in [0.4, 0.5) is 0 Å². The first-order chi connectivity index (χ1) is 3.85. The maximum absolute atomic E-state index is 3.62. The molecule has 0 N–H and O–H groups in total. The fourth-order valence-electron chi connectivity index (χ4n) is 0.851. The van der Waals surface area contributed by atoms with E-state index in [1.54, 1.807) is 0 Å². The van der Waals surface area contributed by atoms with Gasteiger partial charge in [-0.3, -0.25) is 0 Å². The zero-order valence-corrected chi connectivity index (χ0v) is 10.3. The van der Waals surface area contributed by atoms with Gasteiger partial charge in [-0.2, -0.15) is 0 Å². The average Bonchev–Trinajstić information content (AvgIpc) is 1.83. The predicted octanol–water partition coefficient (Wildman–Crippen LogP) is 3.23. The summed E-state index contributed by atoms with van der Waals surface area (Å²) in [6.07, 6.45) is 2.76. The van der Waals surface area contributed by atoms with Crippen LogP contribution >= 0.6 is 13.6 Å². The molecular weight excluding hydrogens is 217 g/mol. The molecule has 0 aromatic carbocycles. The molecule has 0 spiro atoms. The van der Waals surface area contributed by atoms with Gasteiger partial charge in [0, 0.05) is 0 Å². The van der Waals surface area contributed by atoms with E-state index in [4.69, 9.17) is 0 Å². The zero-order chi connectivity index (χ0) is 6.41. The molecule has 8 heavy (non-hydrogen) atoms. The summed E-state index contributed by atoms with van der Waals surface area (Å²) in [5, 5.41) is 1.53. The van der Waals surface area contributed by atoms with Crippen LogP contribution in [0.1, 0.15) is 26.7 Å². The Morgan fingerprint density at radius 3 is 2.00 bits per heavy atom. The van der Waals surface area contributed by atoms with Gasteiger partial charge in [-0.15, -0.1) is 0 Å². The van der Waals surface area contributed by atoms with Crippen LogP contribution < -0.4 is 0 Å². The molecule has 0 fully saturated rings. The predicted molar refractivity (Wildman–Crippen MR) is 37.8 cm³/mol. The summed E-state index contributed by atoms with van der Waals surface area (Å²) in [7, 11) is 0. The van der Waals surface area contributed by atoms with E-state index in [1.807, 2.05) is 0 Å². The molecule has 0 nitrogen and oxygen atoms in total. The normalized spacial score (nSPS) is 9.50. The van der Waals surface area contributed by atoms with Crippen molar-refractivity contribution in [3.63, 3.8) is 0 Å². The summed E-state index contributed by atoms with van der Waals surface area (Å²) in [5.41, 5.74) is 0. The van der Waals surface area contributed by atoms with Gasteiger partial charge in [-0.1, -0.05) is 0 Å². The van der Waals surface area contributed by atoms with E-state index in [9.17, 15) is 0 Å². The van der Waals surface area contributed by atoms with E-state index in [2.05, 4.69) is 27.5 Å². The second-order valence-electron chi connectivity index (χ2n) is 2.16. The molecule has 0 atom stereocenters. The molecule has 46 valence electrons. The van der Waals surface area contributed by atoms with Crippen molar-refractivity contribution in [2.24, 2.45) is 5.92 Å². The molecule has 0 rings (SSSR count). The molecule has 0 aliphatic carbocycles. The van der Waals surface area contributed by atoms with Crippen molar-refractivity contribution in [2.45, 2.75) is 31.7 Å². The van der Waals surface area contributed by atoms with Crippen molar-refractivity contribution in [3.8, 4) is 0 Å². The van der Waals surface area contributed by atoms with Crippen LogP contribution in [0.3, 0.4) is 0 Å². The van der Waals surface area contributed by atoms with E-state index in [0.717, 1.165) is 5.92 Å². The van der Waals surface area contributed by atoms with Gasteiger partial charge in [0.1, 0.15) is 0 Å². The third-order valence-electron chi connectivity index (χ3n) is 1.67. The molecule has 0 aromatic rings. The first-order valence-corrected chi connectivity index (χ1v) is 12.5. The molecule has 0 aliphatic heterocycles. The topological polar surface area (TPSA) is 0 Å². The Morgan fingerprint density at radius 2 is 1.88 bits per heavy atom. The van der Waals surface area contributed by atoms with E-state index in [-0.39, 0.29) is 15.2 Å². The molecular formula is C6H13BrZn. The quantitative estimate of drug-likeness (QED) is 0.651. The van der Waals surface area contributed by atoms with E-state index >= 15 is 0 Å². The van der Waals surface area contributed by atoms with Crippen LogP contribution in [0.15, 0.2) is 0 Å². The molecule has 0 saturated heterocycles. The van der Waals surface area contributed by atoms with E-state index in [0.29, 0.717) is 0 Å². The first kappa shape index (κ1) is 9.10. The van der Waals surface area contributed by atoms with E-state index < -0.39 is 0 Å². The third-order valence-corrected chi connectivity index (χ3v) is 6.22. The summed E-state index contributed by atoms with van der Waals surface area (Å²) in [5.74, 6) is 1.04. The van der Waals surface area contributed by atoms with Crippen LogP contribution in [0.25, 0.3) is 0 Å². The maximum atomic E-state index is 3.62. The minimum atomic E-state index is -0.196. The van der Waals surface area contributed by atoms with Crippen LogP contribution in [0.5, 0.6) is 0 Å². The Morgan fingerprint density at radius 1 is 1.38 bits per heavy atom. The van der Waals surface area contributed by atoms with Crippen molar-refractivity contribution >= 4 is 13.6 Å². The average molecular weight is 230 g/mol. The Labute approximate surface area is 66.4 Å². The summed E-state index contributed by atoms with van der Waals surface area (Å²) in [6.45, 7) is 4.58. The number of halogens is 1. The molecule has 0 heterocycles. The molecule has 2 heteroatoms. The number of hydrogen-bond acceptors (Lipinski definition) is 0. The summed E-state index contributed by atoms with van der Waals surface area (Å²) in [6, 6.07) is 0. The molecule has 0 radical (unpaired) electrons. The first-order valence-electron chi connectivity index (χ1n) is 3.41. The summed E-state index contributed by atoms with van der Waals surface area (Å²) >= 11 is 3.42. The van der Waals surface area contributed by atoms with Gasteiger partial charge >= 0.3 is 66.4 Å². The van der Waals surface area contributed by atoms with Crippen LogP contribution in [-0.2, 0) is 15.2 Å². The fraction of sp³-hybridized carbons (Fsp3) is 1.00. The Bertz CT molecular complexity index is 43.8. The molecule has 0 saturated carbocycles. The Hall–Kier alpha value is 1.10. The van der Waals surface area contributed by atoms with Gasteiger partial charge in [0.25, 0.3) is 0 Å². The van der Waals surface area contributed by atoms with Crippen LogP contribution in [-0.4, -0.2) is 0 Å².